The zero-order valence-electron chi connectivity index (χ0n) is 12.7. The van der Waals surface area contributed by atoms with E-state index in [2.05, 4.69) is 25.7 Å². The number of thioether (sulfide) groups is 1. The summed E-state index contributed by atoms with van der Waals surface area (Å²) in [5.74, 6) is 1.65. The van der Waals surface area contributed by atoms with Crippen molar-refractivity contribution < 1.29 is 4.52 Å². The average molecular weight is 356 g/mol. The number of benzene rings is 1. The van der Waals surface area contributed by atoms with Gasteiger partial charge in [0, 0.05) is 10.9 Å². The molecule has 0 saturated carbocycles. The lowest BCUT2D eigenvalue weighted by molar-refractivity contribution is 0.391. The molecule has 7 nitrogen and oxygen atoms in total. The summed E-state index contributed by atoms with van der Waals surface area (Å²) in [6.45, 7) is 2.04. The van der Waals surface area contributed by atoms with Gasteiger partial charge in [0.05, 0.1) is 11.4 Å². The van der Waals surface area contributed by atoms with Crippen molar-refractivity contribution in [1.29, 1.82) is 0 Å². The molecule has 0 unspecified atom stereocenters. The fourth-order valence-corrected chi connectivity index (χ4v) is 3.43. The Bertz CT molecular complexity index is 929. The van der Waals surface area contributed by atoms with E-state index in [1.165, 1.54) is 17.3 Å². The topological polar surface area (TPSA) is 82.5 Å². The van der Waals surface area contributed by atoms with Gasteiger partial charge < -0.3 is 4.52 Å². The quantitative estimate of drug-likeness (QED) is 0.507. The molecule has 0 aliphatic heterocycles. The van der Waals surface area contributed by atoms with Crippen molar-refractivity contribution in [2.75, 3.05) is 0 Å². The number of aromatic nitrogens is 6. The Morgan fingerprint density at radius 2 is 2.08 bits per heavy atom. The molecular formula is C15H12N6OS2. The van der Waals surface area contributed by atoms with Gasteiger partial charge in [-0.1, -0.05) is 34.6 Å². The minimum atomic E-state index is 0.503. The van der Waals surface area contributed by atoms with Gasteiger partial charge in [-0.25, -0.2) is 0 Å². The first-order valence-corrected chi connectivity index (χ1v) is 9.06. The lowest BCUT2D eigenvalue weighted by Gasteiger charge is -2.03. The van der Waals surface area contributed by atoms with E-state index in [-0.39, 0.29) is 0 Å². The Morgan fingerprint density at radius 1 is 1.21 bits per heavy atom. The normalized spacial score (nSPS) is 11.0. The molecule has 0 N–H and O–H groups in total. The summed E-state index contributed by atoms with van der Waals surface area (Å²) in [6, 6.07) is 9.98. The SMILES string of the molecule is Cc1ccc(-n2nnnc2SCc2nc(-c3ccsc3)no2)cc1. The average Bonchev–Trinajstić information content (AvgIpc) is 3.34. The van der Waals surface area contributed by atoms with Crippen LogP contribution in [0.15, 0.2) is 50.8 Å². The Balaban J connectivity index is 1.49. The summed E-state index contributed by atoms with van der Waals surface area (Å²) in [4.78, 5) is 4.40. The van der Waals surface area contributed by atoms with Crippen LogP contribution in [-0.4, -0.2) is 30.3 Å². The molecule has 24 heavy (non-hydrogen) atoms. The zero-order valence-corrected chi connectivity index (χ0v) is 14.3. The lowest BCUT2D eigenvalue weighted by atomic mass is 10.2. The second-order valence-electron chi connectivity index (χ2n) is 5.02. The molecule has 0 radical (unpaired) electrons. The van der Waals surface area contributed by atoms with Crippen molar-refractivity contribution in [1.82, 2.24) is 30.3 Å². The highest BCUT2D eigenvalue weighted by atomic mass is 32.2. The molecule has 9 heteroatoms. The maximum absolute atomic E-state index is 5.29. The van der Waals surface area contributed by atoms with Gasteiger partial charge in [0.25, 0.3) is 0 Å². The molecule has 120 valence electrons. The number of nitrogens with zero attached hydrogens (tertiary/aromatic N) is 6. The third kappa shape index (κ3) is 3.08. The van der Waals surface area contributed by atoms with Crippen LogP contribution in [0.4, 0.5) is 0 Å². The fourth-order valence-electron chi connectivity index (χ4n) is 2.07. The van der Waals surface area contributed by atoms with Crippen LogP contribution in [0.5, 0.6) is 0 Å². The summed E-state index contributed by atoms with van der Waals surface area (Å²) < 4.78 is 6.99. The molecule has 4 aromatic rings. The van der Waals surface area contributed by atoms with Crippen LogP contribution in [0.2, 0.25) is 0 Å². The third-order valence-corrected chi connectivity index (χ3v) is 4.88. The predicted octanol–water partition coefficient (Wildman–Crippen LogP) is 3.37. The Morgan fingerprint density at radius 3 is 2.88 bits per heavy atom. The maximum atomic E-state index is 5.29. The molecule has 0 amide bonds. The van der Waals surface area contributed by atoms with Gasteiger partial charge in [-0.15, -0.1) is 5.10 Å². The molecule has 0 bridgehead atoms. The Hall–Kier alpha value is -2.52. The van der Waals surface area contributed by atoms with Crippen LogP contribution in [0.25, 0.3) is 17.1 Å². The van der Waals surface area contributed by atoms with Crippen LogP contribution in [-0.2, 0) is 5.75 Å². The lowest BCUT2D eigenvalue weighted by Crippen LogP contribution is -1.99. The second-order valence-corrected chi connectivity index (χ2v) is 6.74. The first-order valence-electron chi connectivity index (χ1n) is 7.13. The molecule has 0 saturated heterocycles. The molecule has 3 aromatic heterocycles. The minimum absolute atomic E-state index is 0.503. The highest BCUT2D eigenvalue weighted by Crippen LogP contribution is 2.24. The summed E-state index contributed by atoms with van der Waals surface area (Å²) in [7, 11) is 0. The van der Waals surface area contributed by atoms with Gasteiger partial charge in [-0.3, -0.25) is 0 Å². The first kappa shape index (κ1) is 15.0. The number of rotatable bonds is 5. The van der Waals surface area contributed by atoms with Crippen LogP contribution >= 0.6 is 23.1 Å². The van der Waals surface area contributed by atoms with Crippen LogP contribution in [0, 0.1) is 6.92 Å². The highest BCUT2D eigenvalue weighted by molar-refractivity contribution is 7.98. The Labute approximate surface area is 145 Å². The van der Waals surface area contributed by atoms with Gasteiger partial charge in [0.1, 0.15) is 0 Å². The standard InChI is InChI=1S/C15H12N6OS2/c1-10-2-4-12(5-3-10)21-15(17-19-20-21)24-9-13-16-14(18-22-13)11-6-7-23-8-11/h2-8H,9H2,1H3. The molecule has 1 aromatic carbocycles. The van der Waals surface area contributed by atoms with Crippen molar-refractivity contribution in [2.45, 2.75) is 17.8 Å². The molecule has 3 heterocycles. The largest absolute Gasteiger partial charge is 0.338 e. The van der Waals surface area contributed by atoms with E-state index in [9.17, 15) is 0 Å². The zero-order chi connectivity index (χ0) is 16.4. The van der Waals surface area contributed by atoms with Crippen molar-refractivity contribution in [3.8, 4) is 17.1 Å². The monoisotopic (exact) mass is 356 g/mol. The second kappa shape index (κ2) is 6.54. The van der Waals surface area contributed by atoms with E-state index in [0.717, 1.165) is 11.3 Å². The molecule has 0 aliphatic rings. The van der Waals surface area contributed by atoms with Crippen molar-refractivity contribution in [3.05, 3.63) is 52.5 Å². The number of thiophene rings is 1. The molecule has 0 atom stereocenters. The molecule has 4 rings (SSSR count). The van der Waals surface area contributed by atoms with Crippen molar-refractivity contribution >= 4 is 23.1 Å². The molecular weight excluding hydrogens is 344 g/mol. The first-order chi connectivity index (χ1) is 11.8. The van der Waals surface area contributed by atoms with Crippen LogP contribution < -0.4 is 0 Å². The molecule has 0 fully saturated rings. The van der Waals surface area contributed by atoms with Gasteiger partial charge >= 0.3 is 0 Å². The summed E-state index contributed by atoms with van der Waals surface area (Å²) in [6.07, 6.45) is 0. The maximum Gasteiger partial charge on any atom is 0.237 e. The van der Waals surface area contributed by atoms with E-state index in [1.54, 1.807) is 16.0 Å². The van der Waals surface area contributed by atoms with Crippen molar-refractivity contribution in [2.24, 2.45) is 0 Å². The van der Waals surface area contributed by atoms with E-state index in [0.29, 0.717) is 22.6 Å². The van der Waals surface area contributed by atoms with E-state index < -0.39 is 0 Å². The number of hydrogen-bond acceptors (Lipinski definition) is 8. The van der Waals surface area contributed by atoms with Gasteiger partial charge in [-0.05, 0) is 40.9 Å². The van der Waals surface area contributed by atoms with E-state index >= 15 is 0 Å². The summed E-state index contributed by atoms with van der Waals surface area (Å²) in [5.41, 5.74) is 3.06. The van der Waals surface area contributed by atoms with Gasteiger partial charge in [0.15, 0.2) is 0 Å². The summed E-state index contributed by atoms with van der Waals surface area (Å²) >= 11 is 3.05. The van der Waals surface area contributed by atoms with E-state index in [4.69, 9.17) is 4.52 Å². The van der Waals surface area contributed by atoms with Gasteiger partial charge in [-0.2, -0.15) is 21.0 Å². The van der Waals surface area contributed by atoms with E-state index in [1.807, 2.05) is 48.0 Å². The Kier molecular flexibility index (Phi) is 4.09. The minimum Gasteiger partial charge on any atom is -0.338 e. The third-order valence-electron chi connectivity index (χ3n) is 3.29. The number of tetrazole rings is 1. The molecule has 0 aliphatic carbocycles. The number of aryl methyl sites for hydroxylation is 1. The highest BCUT2D eigenvalue weighted by Gasteiger charge is 2.13. The smallest absolute Gasteiger partial charge is 0.237 e. The predicted molar refractivity (Wildman–Crippen MR) is 91.1 cm³/mol. The van der Waals surface area contributed by atoms with Crippen LogP contribution in [0.1, 0.15) is 11.5 Å². The van der Waals surface area contributed by atoms with Crippen LogP contribution in [0.3, 0.4) is 0 Å². The summed E-state index contributed by atoms with van der Waals surface area (Å²) in [5, 5.41) is 20.5. The fraction of sp³-hybridized carbons (Fsp3) is 0.133. The van der Waals surface area contributed by atoms with Gasteiger partial charge in [0.2, 0.25) is 16.9 Å². The van der Waals surface area contributed by atoms with Crippen molar-refractivity contribution in [3.63, 3.8) is 0 Å². The molecule has 0 spiro atoms. The number of hydrogen-bond donors (Lipinski definition) is 0.